The highest BCUT2D eigenvalue weighted by atomic mass is 19.4. The van der Waals surface area contributed by atoms with Crippen molar-refractivity contribution < 1.29 is 32.6 Å². The van der Waals surface area contributed by atoms with Gasteiger partial charge in [0, 0.05) is 24.4 Å². The molecular weight excluding hydrogens is 419 g/mol. The number of aryl methyl sites for hydroxylation is 1. The van der Waals surface area contributed by atoms with Gasteiger partial charge in [-0.3, -0.25) is 14.6 Å². The summed E-state index contributed by atoms with van der Waals surface area (Å²) in [5.41, 5.74) is -0.733. The molecule has 1 aromatic heterocycles. The Bertz CT molecular complexity index is 888. The number of pyridine rings is 1. The van der Waals surface area contributed by atoms with Gasteiger partial charge < -0.3 is 25.8 Å². The van der Waals surface area contributed by atoms with Gasteiger partial charge in [-0.25, -0.2) is 4.98 Å². The van der Waals surface area contributed by atoms with Crippen molar-refractivity contribution in [3.05, 3.63) is 35.4 Å². The molecule has 1 aliphatic rings. The van der Waals surface area contributed by atoms with Gasteiger partial charge in [0.1, 0.15) is 5.82 Å². The van der Waals surface area contributed by atoms with E-state index in [1.54, 1.807) is 19.9 Å². The molecule has 4 N–H and O–H groups in total. The predicted octanol–water partition coefficient (Wildman–Crippen LogP) is 1.24. The number of carbonyl (C=O) groups excluding carboxylic acids is 2. The van der Waals surface area contributed by atoms with Crippen molar-refractivity contribution in [3.63, 3.8) is 0 Å². The van der Waals surface area contributed by atoms with Gasteiger partial charge in [-0.2, -0.15) is 13.2 Å². The molecule has 0 radical (unpaired) electrons. The van der Waals surface area contributed by atoms with Crippen LogP contribution in [0.2, 0.25) is 0 Å². The summed E-state index contributed by atoms with van der Waals surface area (Å²) in [5.74, 6) is -0.924. The standard InChI is InChI=1S/C19H24F3N5O4/c1-4-15(29)26-14-7-23-8-18(9-28,27-14)17(30)25-12(3)13-5-11(2)16(24-6-13)31-10-19(20,21)22/h5-8,12,27-28H,4,9-10H2,1-3H3,(H,25,30)(H,26,29). The third-order valence-corrected chi connectivity index (χ3v) is 4.38. The van der Waals surface area contributed by atoms with E-state index in [0.29, 0.717) is 11.1 Å². The summed E-state index contributed by atoms with van der Waals surface area (Å²) in [6, 6.07) is 0.943. The van der Waals surface area contributed by atoms with Crippen molar-refractivity contribution in [3.8, 4) is 5.88 Å². The highest BCUT2D eigenvalue weighted by Gasteiger charge is 2.39. The van der Waals surface area contributed by atoms with Crippen molar-refractivity contribution in [2.75, 3.05) is 13.2 Å². The number of aliphatic hydroxyl groups is 1. The van der Waals surface area contributed by atoms with E-state index < -0.39 is 36.9 Å². The number of nitrogens with zero attached hydrogens (tertiary/aromatic N) is 2. The molecule has 0 spiro atoms. The minimum absolute atomic E-state index is 0.158. The summed E-state index contributed by atoms with van der Waals surface area (Å²) in [7, 11) is 0. The van der Waals surface area contributed by atoms with Gasteiger partial charge in [0.05, 0.1) is 18.8 Å². The van der Waals surface area contributed by atoms with Crippen molar-refractivity contribution in [2.45, 2.75) is 44.9 Å². The summed E-state index contributed by atoms with van der Waals surface area (Å²) in [4.78, 5) is 32.3. The fourth-order valence-electron chi connectivity index (χ4n) is 2.64. The first-order chi connectivity index (χ1) is 14.5. The van der Waals surface area contributed by atoms with E-state index in [1.165, 1.54) is 25.5 Å². The summed E-state index contributed by atoms with van der Waals surface area (Å²) >= 11 is 0. The Labute approximate surface area is 176 Å². The molecule has 12 heteroatoms. The Hall–Kier alpha value is -3.15. The number of ether oxygens (including phenoxy) is 1. The van der Waals surface area contributed by atoms with Crippen LogP contribution in [-0.4, -0.2) is 53.0 Å². The molecule has 2 rings (SSSR count). The normalized spacial score (nSPS) is 19.1. The lowest BCUT2D eigenvalue weighted by atomic mass is 9.98. The molecule has 2 atom stereocenters. The van der Waals surface area contributed by atoms with E-state index in [2.05, 4.69) is 30.7 Å². The molecule has 0 aliphatic carbocycles. The zero-order valence-electron chi connectivity index (χ0n) is 17.2. The van der Waals surface area contributed by atoms with Crippen LogP contribution >= 0.6 is 0 Å². The van der Waals surface area contributed by atoms with E-state index in [9.17, 15) is 27.9 Å². The largest absolute Gasteiger partial charge is 0.468 e. The Morgan fingerprint density at radius 2 is 2.10 bits per heavy atom. The number of amides is 2. The van der Waals surface area contributed by atoms with Gasteiger partial charge in [0.25, 0.3) is 5.91 Å². The quantitative estimate of drug-likeness (QED) is 0.479. The van der Waals surface area contributed by atoms with Crippen LogP contribution < -0.4 is 20.7 Å². The number of hydrogen-bond acceptors (Lipinski definition) is 7. The third kappa shape index (κ3) is 6.41. The molecule has 2 amide bonds. The smallest absolute Gasteiger partial charge is 0.422 e. The van der Waals surface area contributed by atoms with Crippen LogP contribution in [0.3, 0.4) is 0 Å². The maximum Gasteiger partial charge on any atom is 0.422 e. The Morgan fingerprint density at radius 3 is 2.68 bits per heavy atom. The van der Waals surface area contributed by atoms with E-state index in [1.807, 2.05) is 0 Å². The Morgan fingerprint density at radius 1 is 1.39 bits per heavy atom. The molecule has 9 nitrogen and oxygen atoms in total. The fraction of sp³-hybridized carbons (Fsp3) is 0.474. The van der Waals surface area contributed by atoms with Crippen LogP contribution in [0.15, 0.2) is 29.3 Å². The highest BCUT2D eigenvalue weighted by Crippen LogP contribution is 2.23. The molecule has 2 heterocycles. The lowest BCUT2D eigenvalue weighted by Gasteiger charge is -2.33. The van der Waals surface area contributed by atoms with Gasteiger partial charge in [0.15, 0.2) is 12.1 Å². The van der Waals surface area contributed by atoms with Gasteiger partial charge in [-0.05, 0) is 25.5 Å². The van der Waals surface area contributed by atoms with Crippen LogP contribution in [0.25, 0.3) is 0 Å². The first-order valence-corrected chi connectivity index (χ1v) is 9.40. The lowest BCUT2D eigenvalue weighted by Crippen LogP contribution is -2.63. The lowest BCUT2D eigenvalue weighted by molar-refractivity contribution is -0.154. The number of halogens is 3. The summed E-state index contributed by atoms with van der Waals surface area (Å²) < 4.78 is 41.6. The van der Waals surface area contributed by atoms with Gasteiger partial charge in [0.2, 0.25) is 11.8 Å². The molecule has 0 saturated heterocycles. The van der Waals surface area contributed by atoms with Crippen molar-refractivity contribution in [1.29, 1.82) is 0 Å². The Balaban J connectivity index is 2.08. The number of alkyl halides is 3. The van der Waals surface area contributed by atoms with Crippen molar-refractivity contribution in [2.24, 2.45) is 4.99 Å². The first-order valence-electron chi connectivity index (χ1n) is 9.40. The maximum absolute atomic E-state index is 12.9. The molecule has 170 valence electrons. The third-order valence-electron chi connectivity index (χ3n) is 4.38. The van der Waals surface area contributed by atoms with Crippen LogP contribution in [0.1, 0.15) is 37.4 Å². The highest BCUT2D eigenvalue weighted by molar-refractivity contribution is 6.04. The molecule has 1 aliphatic heterocycles. The predicted molar refractivity (Wildman–Crippen MR) is 105 cm³/mol. The second-order valence-corrected chi connectivity index (χ2v) is 6.97. The van der Waals surface area contributed by atoms with Crippen molar-refractivity contribution in [1.82, 2.24) is 20.9 Å². The average molecular weight is 443 g/mol. The van der Waals surface area contributed by atoms with E-state index in [4.69, 9.17) is 0 Å². The second-order valence-electron chi connectivity index (χ2n) is 6.97. The number of nitrogens with one attached hydrogen (secondary N) is 3. The topological polar surface area (TPSA) is 125 Å². The summed E-state index contributed by atoms with van der Waals surface area (Å²) in [6.45, 7) is 2.74. The number of aliphatic hydroxyl groups excluding tert-OH is 1. The van der Waals surface area contributed by atoms with Crippen LogP contribution in [0.4, 0.5) is 13.2 Å². The molecule has 0 bridgehead atoms. The number of hydrogen-bond donors (Lipinski definition) is 4. The minimum atomic E-state index is -4.48. The van der Waals surface area contributed by atoms with Crippen LogP contribution in [-0.2, 0) is 9.59 Å². The summed E-state index contributed by atoms with van der Waals surface area (Å²) in [5, 5.41) is 17.8. The second kappa shape index (κ2) is 9.77. The Kier molecular flexibility index (Phi) is 7.60. The van der Waals surface area contributed by atoms with E-state index in [-0.39, 0.29) is 24.0 Å². The molecule has 0 fully saturated rings. The average Bonchev–Trinajstić information content (AvgIpc) is 2.71. The van der Waals surface area contributed by atoms with Crippen LogP contribution in [0.5, 0.6) is 5.88 Å². The SMILES string of the molecule is CCC(=O)NC1=CN=CC(CO)(C(=O)NC(C)c2cnc(OCC(F)(F)F)c(C)c2)N1. The van der Waals surface area contributed by atoms with Gasteiger partial charge in [-0.1, -0.05) is 6.92 Å². The maximum atomic E-state index is 12.9. The van der Waals surface area contributed by atoms with Crippen molar-refractivity contribution >= 4 is 18.0 Å². The fourth-order valence-corrected chi connectivity index (χ4v) is 2.64. The molecule has 0 aromatic carbocycles. The zero-order valence-corrected chi connectivity index (χ0v) is 17.2. The molecule has 1 aromatic rings. The molecule has 31 heavy (non-hydrogen) atoms. The minimum Gasteiger partial charge on any atom is -0.468 e. The van der Waals surface area contributed by atoms with E-state index >= 15 is 0 Å². The number of carbonyl (C=O) groups is 2. The number of aromatic nitrogens is 1. The first kappa shape index (κ1) is 24.1. The van der Waals surface area contributed by atoms with Gasteiger partial charge in [-0.15, -0.1) is 0 Å². The summed E-state index contributed by atoms with van der Waals surface area (Å²) in [6.07, 6.45) is -0.442. The molecule has 2 unspecified atom stereocenters. The van der Waals surface area contributed by atoms with E-state index in [0.717, 1.165) is 0 Å². The number of aliphatic imine (C=N–C) groups is 1. The molecule has 0 saturated carbocycles. The molecular formula is C19H24F3N5O4. The number of rotatable bonds is 8. The monoisotopic (exact) mass is 443 g/mol. The van der Waals surface area contributed by atoms with Gasteiger partial charge >= 0.3 is 6.18 Å². The van der Waals surface area contributed by atoms with Crippen LogP contribution in [0, 0.1) is 6.92 Å². The zero-order chi connectivity index (χ0) is 23.2.